The number of alkyl halides is 3. The summed E-state index contributed by atoms with van der Waals surface area (Å²) in [5.41, 5.74) is 1.35. The minimum absolute atomic E-state index is 0.171. The van der Waals surface area contributed by atoms with Gasteiger partial charge < -0.3 is 4.74 Å². The Morgan fingerprint density at radius 1 is 0.875 bits per heavy atom. The summed E-state index contributed by atoms with van der Waals surface area (Å²) in [6, 6.07) is 9.30. The van der Waals surface area contributed by atoms with Gasteiger partial charge in [-0.2, -0.15) is 13.2 Å². The molecule has 0 saturated heterocycles. The van der Waals surface area contributed by atoms with Gasteiger partial charge in [0.05, 0.1) is 6.20 Å². The lowest BCUT2D eigenvalue weighted by atomic mass is 10.1. The molecule has 3 aromatic heterocycles. The van der Waals surface area contributed by atoms with E-state index in [0.717, 1.165) is 23.5 Å². The van der Waals surface area contributed by atoms with Gasteiger partial charge in [0.25, 0.3) is 0 Å². The first kappa shape index (κ1) is 15.9. The maximum Gasteiger partial charge on any atom is 0.433 e. The lowest BCUT2D eigenvalue weighted by Crippen LogP contribution is -2.07. The fraction of sp³-hybridized carbons (Fsp3) is 0.118. The number of aryl methyl sites for hydroxylation is 1. The number of hydrogen-bond donors (Lipinski definition) is 0. The standard InChI is InChI=1S/C17H12F3N3O/c1-11-13(4-2-8-21-11)14-5-3-9-22-16(14)24-12-6-7-15(23-10-12)17(18,19)20/h2-10H,1H3. The van der Waals surface area contributed by atoms with Gasteiger partial charge in [-0.3, -0.25) is 4.98 Å². The maximum absolute atomic E-state index is 12.6. The largest absolute Gasteiger partial charge is 0.437 e. The minimum Gasteiger partial charge on any atom is -0.437 e. The van der Waals surface area contributed by atoms with Gasteiger partial charge in [0, 0.05) is 29.2 Å². The van der Waals surface area contributed by atoms with Crippen molar-refractivity contribution in [2.45, 2.75) is 13.1 Å². The Balaban J connectivity index is 1.93. The van der Waals surface area contributed by atoms with Crippen molar-refractivity contribution in [1.82, 2.24) is 15.0 Å². The number of rotatable bonds is 3. The first-order valence-corrected chi connectivity index (χ1v) is 7.03. The number of nitrogens with zero attached hydrogens (tertiary/aromatic N) is 3. The summed E-state index contributed by atoms with van der Waals surface area (Å²) in [5.74, 6) is 0.444. The van der Waals surface area contributed by atoms with Crippen LogP contribution in [0.1, 0.15) is 11.4 Å². The summed E-state index contributed by atoms with van der Waals surface area (Å²) in [6.07, 6.45) is -0.240. The first-order chi connectivity index (χ1) is 11.4. The van der Waals surface area contributed by atoms with Crippen molar-refractivity contribution in [2.75, 3.05) is 0 Å². The molecule has 3 aromatic rings. The molecular formula is C17H12F3N3O. The first-order valence-electron chi connectivity index (χ1n) is 7.03. The van der Waals surface area contributed by atoms with Crippen LogP contribution in [0.4, 0.5) is 13.2 Å². The molecule has 0 aliphatic rings. The monoisotopic (exact) mass is 331 g/mol. The zero-order valence-corrected chi connectivity index (χ0v) is 12.6. The lowest BCUT2D eigenvalue weighted by Gasteiger charge is -2.12. The Morgan fingerprint density at radius 2 is 1.58 bits per heavy atom. The van der Waals surface area contributed by atoms with Gasteiger partial charge in [-0.25, -0.2) is 9.97 Å². The Morgan fingerprint density at radius 3 is 2.21 bits per heavy atom. The van der Waals surface area contributed by atoms with Crippen LogP contribution in [0.3, 0.4) is 0 Å². The van der Waals surface area contributed by atoms with E-state index < -0.39 is 11.9 Å². The molecule has 0 amide bonds. The van der Waals surface area contributed by atoms with E-state index in [1.54, 1.807) is 24.5 Å². The molecule has 7 heteroatoms. The van der Waals surface area contributed by atoms with Crippen LogP contribution < -0.4 is 4.74 Å². The molecule has 4 nitrogen and oxygen atoms in total. The molecule has 0 saturated carbocycles. The molecule has 0 aliphatic carbocycles. The van der Waals surface area contributed by atoms with E-state index in [2.05, 4.69) is 15.0 Å². The van der Waals surface area contributed by atoms with Gasteiger partial charge in [0.15, 0.2) is 0 Å². The molecular weight excluding hydrogens is 319 g/mol. The van der Waals surface area contributed by atoms with Gasteiger partial charge in [0.2, 0.25) is 5.88 Å². The molecule has 0 fully saturated rings. The van der Waals surface area contributed by atoms with E-state index in [1.165, 1.54) is 6.07 Å². The van der Waals surface area contributed by atoms with Crippen molar-refractivity contribution in [3.63, 3.8) is 0 Å². The summed E-state index contributed by atoms with van der Waals surface area (Å²) >= 11 is 0. The quantitative estimate of drug-likeness (QED) is 0.700. The van der Waals surface area contributed by atoms with Crippen molar-refractivity contribution in [2.24, 2.45) is 0 Å². The highest BCUT2D eigenvalue weighted by Crippen LogP contribution is 2.33. The maximum atomic E-state index is 12.6. The molecule has 0 bridgehead atoms. The second-order valence-corrected chi connectivity index (χ2v) is 4.97. The van der Waals surface area contributed by atoms with Gasteiger partial charge >= 0.3 is 6.18 Å². The third kappa shape index (κ3) is 3.34. The molecule has 0 aromatic carbocycles. The molecule has 0 atom stereocenters. The second kappa shape index (κ2) is 6.27. The van der Waals surface area contributed by atoms with Gasteiger partial charge in [-0.1, -0.05) is 6.07 Å². The van der Waals surface area contributed by atoms with Crippen molar-refractivity contribution in [3.8, 4) is 22.8 Å². The Labute approximate surface area is 136 Å². The SMILES string of the molecule is Cc1ncccc1-c1cccnc1Oc1ccc(C(F)(F)F)nc1. The third-order valence-electron chi connectivity index (χ3n) is 3.31. The summed E-state index contributed by atoms with van der Waals surface area (Å²) < 4.78 is 43.3. The van der Waals surface area contributed by atoms with Crippen molar-refractivity contribution < 1.29 is 17.9 Å². The van der Waals surface area contributed by atoms with Crippen LogP contribution in [0.5, 0.6) is 11.6 Å². The molecule has 122 valence electrons. The van der Waals surface area contributed by atoms with E-state index in [-0.39, 0.29) is 11.6 Å². The Kier molecular flexibility index (Phi) is 4.16. The predicted octanol–water partition coefficient (Wildman–Crippen LogP) is 4.66. The predicted molar refractivity (Wildman–Crippen MR) is 81.5 cm³/mol. The second-order valence-electron chi connectivity index (χ2n) is 4.97. The van der Waals surface area contributed by atoms with E-state index >= 15 is 0 Å². The van der Waals surface area contributed by atoms with Crippen LogP contribution in [-0.4, -0.2) is 15.0 Å². The van der Waals surface area contributed by atoms with Gasteiger partial charge in [-0.15, -0.1) is 0 Å². The van der Waals surface area contributed by atoms with Crippen LogP contribution in [0.15, 0.2) is 55.0 Å². The average molecular weight is 331 g/mol. The molecule has 0 spiro atoms. The fourth-order valence-electron chi connectivity index (χ4n) is 2.17. The topological polar surface area (TPSA) is 47.9 Å². The number of pyridine rings is 3. The molecule has 0 N–H and O–H groups in total. The van der Waals surface area contributed by atoms with Crippen LogP contribution >= 0.6 is 0 Å². The van der Waals surface area contributed by atoms with Crippen LogP contribution in [0, 0.1) is 6.92 Å². The highest BCUT2D eigenvalue weighted by molar-refractivity contribution is 5.70. The van der Waals surface area contributed by atoms with E-state index in [4.69, 9.17) is 4.74 Å². The average Bonchev–Trinajstić information content (AvgIpc) is 2.56. The zero-order valence-electron chi connectivity index (χ0n) is 12.6. The number of hydrogen-bond acceptors (Lipinski definition) is 4. The van der Waals surface area contributed by atoms with Crippen molar-refractivity contribution in [1.29, 1.82) is 0 Å². The van der Waals surface area contributed by atoms with Crippen molar-refractivity contribution >= 4 is 0 Å². The number of halogens is 3. The van der Waals surface area contributed by atoms with E-state index in [9.17, 15) is 13.2 Å². The molecule has 3 rings (SSSR count). The highest BCUT2D eigenvalue weighted by Gasteiger charge is 2.32. The van der Waals surface area contributed by atoms with E-state index in [0.29, 0.717) is 5.56 Å². The Bertz CT molecular complexity index is 848. The molecule has 3 heterocycles. The lowest BCUT2D eigenvalue weighted by molar-refractivity contribution is -0.141. The Hall–Kier alpha value is -2.96. The fourth-order valence-corrected chi connectivity index (χ4v) is 2.17. The summed E-state index contributed by atoms with van der Waals surface area (Å²) in [5, 5.41) is 0. The van der Waals surface area contributed by atoms with Gasteiger partial charge in [0.1, 0.15) is 11.4 Å². The zero-order chi connectivity index (χ0) is 17.2. The summed E-state index contributed by atoms with van der Waals surface area (Å²) in [6.45, 7) is 1.85. The smallest absolute Gasteiger partial charge is 0.433 e. The molecule has 0 radical (unpaired) electrons. The summed E-state index contributed by atoms with van der Waals surface area (Å²) in [7, 11) is 0. The van der Waals surface area contributed by atoms with Gasteiger partial charge in [-0.05, 0) is 37.3 Å². The van der Waals surface area contributed by atoms with Crippen LogP contribution in [0.2, 0.25) is 0 Å². The summed E-state index contributed by atoms with van der Waals surface area (Å²) in [4.78, 5) is 11.8. The molecule has 0 aliphatic heterocycles. The van der Waals surface area contributed by atoms with E-state index in [1.807, 2.05) is 19.1 Å². The third-order valence-corrected chi connectivity index (χ3v) is 3.31. The van der Waals surface area contributed by atoms with Crippen LogP contribution in [-0.2, 0) is 6.18 Å². The highest BCUT2D eigenvalue weighted by atomic mass is 19.4. The minimum atomic E-state index is -4.48. The number of aromatic nitrogens is 3. The molecule has 0 unspecified atom stereocenters. The number of ether oxygens (including phenoxy) is 1. The molecule has 24 heavy (non-hydrogen) atoms. The van der Waals surface area contributed by atoms with Crippen LogP contribution in [0.25, 0.3) is 11.1 Å². The normalized spacial score (nSPS) is 11.3. The van der Waals surface area contributed by atoms with Crippen molar-refractivity contribution in [3.05, 3.63) is 66.4 Å².